The molecule has 4 unspecified atom stereocenters. The van der Waals surface area contributed by atoms with Crippen molar-refractivity contribution in [3.8, 4) is 10.4 Å². The first-order chi connectivity index (χ1) is 15.1. The fraction of sp³-hybridized carbons (Fsp3) is 0.348. The maximum atomic E-state index is 13.2. The number of fused-ring (bicyclic) bond motifs is 1. The molecule has 1 aromatic heterocycles. The van der Waals surface area contributed by atoms with Gasteiger partial charge in [-0.15, -0.1) is 11.3 Å². The molecule has 1 aromatic carbocycles. The minimum Gasteiger partial charge on any atom is -0.289 e. The average molecular weight is 477 g/mol. The molecule has 1 heterocycles. The number of carbonyl (C=O) groups excluding carboxylic acids is 1. The topological polar surface area (TPSA) is 78.4 Å². The van der Waals surface area contributed by atoms with Crippen molar-refractivity contribution >= 4 is 39.8 Å². The summed E-state index contributed by atoms with van der Waals surface area (Å²) in [7, 11) is -1.58. The Hall–Kier alpha value is -1.77. The molecule has 0 spiro atoms. The molecule has 3 N–H and O–H groups in total. The molecule has 1 saturated carbocycles. The lowest BCUT2D eigenvalue weighted by Gasteiger charge is -2.17. The Morgan fingerprint density at radius 3 is 2.65 bits per heavy atom. The van der Waals surface area contributed by atoms with Crippen LogP contribution < -0.4 is 10.2 Å². The molecule has 4 rings (SSSR count). The summed E-state index contributed by atoms with van der Waals surface area (Å²) in [5.41, 5.74) is 1.78. The molecule has 0 saturated heterocycles. The highest BCUT2D eigenvalue weighted by molar-refractivity contribution is 7.85. The van der Waals surface area contributed by atoms with Gasteiger partial charge in [-0.05, 0) is 67.3 Å². The average Bonchev–Trinajstić information content (AvgIpc) is 3.10. The van der Waals surface area contributed by atoms with Crippen LogP contribution in [0.5, 0.6) is 0 Å². The van der Waals surface area contributed by atoms with E-state index >= 15 is 0 Å². The van der Waals surface area contributed by atoms with E-state index in [1.807, 2.05) is 60.1 Å². The molecule has 2 aliphatic rings. The lowest BCUT2D eigenvalue weighted by molar-refractivity contribution is -0.132. The zero-order chi connectivity index (χ0) is 21.8. The zero-order valence-electron chi connectivity index (χ0n) is 16.9. The van der Waals surface area contributed by atoms with Crippen molar-refractivity contribution < 1.29 is 14.2 Å². The van der Waals surface area contributed by atoms with E-state index in [2.05, 4.69) is 10.8 Å². The number of allylic oxidation sites excluding steroid dienone is 4. The number of benzene rings is 1. The van der Waals surface area contributed by atoms with E-state index in [9.17, 15) is 14.2 Å². The number of thiophene rings is 1. The summed E-state index contributed by atoms with van der Waals surface area (Å²) in [4.78, 5) is 13.7. The molecular weight excluding hydrogens is 452 g/mol. The van der Waals surface area contributed by atoms with Crippen LogP contribution in [0.1, 0.15) is 32.1 Å². The fourth-order valence-corrected chi connectivity index (χ4v) is 7.00. The fourth-order valence-electron chi connectivity index (χ4n) is 4.44. The van der Waals surface area contributed by atoms with Crippen molar-refractivity contribution in [3.05, 3.63) is 65.7 Å². The van der Waals surface area contributed by atoms with Crippen molar-refractivity contribution in [1.82, 2.24) is 10.2 Å². The largest absolute Gasteiger partial charge is 0.289 e. The molecule has 4 atom stereocenters. The number of rotatable bonds is 5. The summed E-state index contributed by atoms with van der Waals surface area (Å²) in [5.74, 6) is -0.490. The molecule has 164 valence electrons. The number of hydrogen-bond acceptors (Lipinski definition) is 4. The molecular formula is C23H25ClN2O3S2. The van der Waals surface area contributed by atoms with Gasteiger partial charge in [-0.2, -0.15) is 0 Å². The van der Waals surface area contributed by atoms with E-state index < -0.39 is 22.4 Å². The van der Waals surface area contributed by atoms with Gasteiger partial charge in [0, 0.05) is 9.90 Å². The third kappa shape index (κ3) is 4.71. The molecule has 0 bridgehead atoms. The predicted molar refractivity (Wildman–Crippen MR) is 125 cm³/mol. The van der Waals surface area contributed by atoms with Crippen LogP contribution >= 0.6 is 22.9 Å². The van der Waals surface area contributed by atoms with Gasteiger partial charge in [0.05, 0.1) is 0 Å². The minimum absolute atomic E-state index is 0.0120. The number of hydroxylamine groups is 1. The van der Waals surface area contributed by atoms with Crippen LogP contribution in [-0.4, -0.2) is 20.9 Å². The molecule has 31 heavy (non-hydrogen) atoms. The van der Waals surface area contributed by atoms with E-state index in [0.717, 1.165) is 36.1 Å². The Morgan fingerprint density at radius 2 is 1.87 bits per heavy atom. The molecule has 1 fully saturated rings. The van der Waals surface area contributed by atoms with Crippen molar-refractivity contribution in [3.63, 3.8) is 0 Å². The summed E-state index contributed by atoms with van der Waals surface area (Å²) in [6.07, 6.45) is 12.8. The molecule has 2 aliphatic carbocycles. The normalized spacial score (nSPS) is 28.6. The third-order valence-corrected chi connectivity index (χ3v) is 9.00. The molecule has 5 nitrogen and oxygen atoms in total. The maximum Gasteiger partial charge on any atom is 0.265 e. The molecule has 2 aromatic rings. The van der Waals surface area contributed by atoms with E-state index in [1.165, 1.54) is 11.3 Å². The lowest BCUT2D eigenvalue weighted by atomic mass is 10.1. The number of hydrogen-bond donors (Lipinski definition) is 3. The van der Waals surface area contributed by atoms with Crippen molar-refractivity contribution in [1.29, 1.82) is 0 Å². The summed E-state index contributed by atoms with van der Waals surface area (Å²) >= 11 is 7.38. The van der Waals surface area contributed by atoms with Gasteiger partial charge in [-0.3, -0.25) is 10.0 Å². The number of amides is 1. The summed E-state index contributed by atoms with van der Waals surface area (Å²) < 4.78 is 17.0. The quantitative estimate of drug-likeness (QED) is 0.407. The van der Waals surface area contributed by atoms with Gasteiger partial charge >= 0.3 is 0 Å². The second-order valence-corrected chi connectivity index (χ2v) is 10.9. The third-order valence-electron chi connectivity index (χ3n) is 6.09. The lowest BCUT2D eigenvalue weighted by Crippen LogP contribution is -2.49. The van der Waals surface area contributed by atoms with E-state index in [0.29, 0.717) is 15.7 Å². The summed E-state index contributed by atoms with van der Waals surface area (Å²) in [6.45, 7) is 0. The second-order valence-electron chi connectivity index (χ2n) is 7.90. The number of nitrogens with one attached hydrogen (secondary N) is 2. The highest BCUT2D eigenvalue weighted by atomic mass is 35.5. The Balaban J connectivity index is 1.55. The molecule has 0 radical (unpaired) electrons. The van der Waals surface area contributed by atoms with Crippen LogP contribution in [0, 0.1) is 11.8 Å². The van der Waals surface area contributed by atoms with E-state index in [1.54, 1.807) is 0 Å². The standard InChI is InChI=1S/C23H25ClN2O3S2/c24-17-12-10-16(11-13-17)20-14-15-21(30-20)31(29)26-23(22(27)25-28)18-8-6-4-2-1-3-5-7-9-19(18)23/h1-2,4,6,10-15,18-19,26,28H,3,5,7-9H2,(H,25,27)/b2-1-,6-4-. The van der Waals surface area contributed by atoms with Gasteiger partial charge in [-0.1, -0.05) is 54.5 Å². The predicted octanol–water partition coefficient (Wildman–Crippen LogP) is 5.25. The molecule has 0 aliphatic heterocycles. The van der Waals surface area contributed by atoms with Gasteiger partial charge < -0.3 is 0 Å². The Labute approximate surface area is 193 Å². The van der Waals surface area contributed by atoms with Gasteiger partial charge in [0.25, 0.3) is 5.91 Å². The Bertz CT molecular complexity index is 1020. The highest BCUT2D eigenvalue weighted by Crippen LogP contribution is 2.56. The van der Waals surface area contributed by atoms with Crippen molar-refractivity contribution in [2.45, 2.75) is 41.9 Å². The molecule has 8 heteroatoms. The maximum absolute atomic E-state index is 13.2. The minimum atomic E-state index is -1.58. The van der Waals surface area contributed by atoms with Crippen LogP contribution in [0.3, 0.4) is 0 Å². The van der Waals surface area contributed by atoms with Gasteiger partial charge in [-0.25, -0.2) is 14.4 Å². The van der Waals surface area contributed by atoms with Crippen LogP contribution in [-0.2, 0) is 15.8 Å². The van der Waals surface area contributed by atoms with Crippen LogP contribution in [0.4, 0.5) is 0 Å². The van der Waals surface area contributed by atoms with Crippen LogP contribution in [0.15, 0.2) is 64.9 Å². The van der Waals surface area contributed by atoms with Crippen molar-refractivity contribution in [2.24, 2.45) is 11.8 Å². The number of carbonyl (C=O) groups is 1. The van der Waals surface area contributed by atoms with E-state index in [-0.39, 0.29) is 11.8 Å². The van der Waals surface area contributed by atoms with E-state index in [4.69, 9.17) is 11.6 Å². The Morgan fingerprint density at radius 1 is 1.10 bits per heavy atom. The van der Waals surface area contributed by atoms with Gasteiger partial charge in [0.15, 0.2) is 0 Å². The van der Waals surface area contributed by atoms with Crippen molar-refractivity contribution in [2.75, 3.05) is 0 Å². The SMILES string of the molecule is O=C(NO)C1(NS(=O)c2ccc(-c3ccc(Cl)cc3)s2)C2C/C=C\C=C/CCCCC21. The van der Waals surface area contributed by atoms with Gasteiger partial charge in [0.2, 0.25) is 0 Å². The summed E-state index contributed by atoms with van der Waals surface area (Å²) in [5, 5.41) is 10.1. The summed E-state index contributed by atoms with van der Waals surface area (Å²) in [6, 6.07) is 11.2. The monoisotopic (exact) mass is 476 g/mol. The first kappa shape index (κ1) is 22.4. The highest BCUT2D eigenvalue weighted by Gasteiger charge is 2.69. The van der Waals surface area contributed by atoms with Crippen LogP contribution in [0.2, 0.25) is 5.02 Å². The Kier molecular flexibility index (Phi) is 7.08. The first-order valence-corrected chi connectivity index (χ1v) is 12.7. The number of halogens is 1. The first-order valence-electron chi connectivity index (χ1n) is 10.4. The zero-order valence-corrected chi connectivity index (χ0v) is 19.3. The smallest absolute Gasteiger partial charge is 0.265 e. The molecule has 1 amide bonds. The van der Waals surface area contributed by atoms with Crippen LogP contribution in [0.25, 0.3) is 10.4 Å². The van der Waals surface area contributed by atoms with Gasteiger partial charge in [0.1, 0.15) is 20.7 Å². The second kappa shape index (κ2) is 9.79.